The van der Waals surface area contributed by atoms with Gasteiger partial charge in [0.1, 0.15) is 5.82 Å². The number of hydrogen-bond donors (Lipinski definition) is 2. The zero-order valence-electron chi connectivity index (χ0n) is 9.96. The molecule has 0 radical (unpaired) electrons. The summed E-state index contributed by atoms with van der Waals surface area (Å²) < 4.78 is 13.5. The molecule has 5 heteroatoms. The van der Waals surface area contributed by atoms with Crippen molar-refractivity contribution >= 4 is 11.6 Å². The molecule has 2 heterocycles. The Hall–Kier alpha value is -1.49. The molecule has 0 saturated carbocycles. The maximum Gasteiger partial charge on any atom is 0.241 e. The molecule has 1 aromatic rings. The van der Waals surface area contributed by atoms with Gasteiger partial charge in [-0.1, -0.05) is 20.3 Å². The van der Waals surface area contributed by atoms with E-state index in [1.165, 1.54) is 6.20 Å². The zero-order chi connectivity index (χ0) is 12.4. The van der Waals surface area contributed by atoms with Gasteiger partial charge in [0.15, 0.2) is 0 Å². The number of carbonyl (C=O) groups is 1. The normalized spacial score (nSPS) is 21.4. The highest BCUT2D eigenvalue weighted by atomic mass is 19.1. The minimum Gasteiger partial charge on any atom is -0.323 e. The Morgan fingerprint density at radius 1 is 1.59 bits per heavy atom. The molecule has 0 aliphatic carbocycles. The molecule has 1 aromatic heterocycles. The van der Waals surface area contributed by atoms with Crippen LogP contribution in [0.25, 0.3) is 0 Å². The highest BCUT2D eigenvalue weighted by Crippen LogP contribution is 2.22. The van der Waals surface area contributed by atoms with Crippen molar-refractivity contribution in [2.45, 2.75) is 32.9 Å². The number of aromatic nitrogens is 1. The number of nitrogens with zero attached hydrogens (tertiary/aromatic N) is 1. The molecule has 2 atom stereocenters. The Labute approximate surface area is 99.6 Å². The van der Waals surface area contributed by atoms with Crippen LogP contribution in [0.2, 0.25) is 0 Å². The van der Waals surface area contributed by atoms with Crippen LogP contribution in [0, 0.1) is 11.7 Å². The molecule has 92 valence electrons. The van der Waals surface area contributed by atoms with Crippen molar-refractivity contribution in [2.24, 2.45) is 5.92 Å². The van der Waals surface area contributed by atoms with Crippen molar-refractivity contribution in [1.29, 1.82) is 0 Å². The Bertz CT molecular complexity index is 436. The fourth-order valence-electron chi connectivity index (χ4n) is 1.96. The Morgan fingerprint density at radius 3 is 3.06 bits per heavy atom. The third-order valence-corrected chi connectivity index (χ3v) is 3.26. The average Bonchev–Trinajstić information content (AvgIpc) is 2.48. The van der Waals surface area contributed by atoms with Crippen LogP contribution in [-0.2, 0) is 11.3 Å². The number of amides is 1. The lowest BCUT2D eigenvalue weighted by Crippen LogP contribution is -2.42. The predicted octanol–water partition coefficient (Wildman–Crippen LogP) is 1.68. The number of carbonyl (C=O) groups excluding carboxylic acids is 1. The molecule has 0 unspecified atom stereocenters. The monoisotopic (exact) mass is 237 g/mol. The zero-order valence-corrected chi connectivity index (χ0v) is 9.96. The molecule has 0 bridgehead atoms. The molecule has 0 spiro atoms. The maximum absolute atomic E-state index is 13.5. The number of hydrogen-bond acceptors (Lipinski definition) is 3. The van der Waals surface area contributed by atoms with Gasteiger partial charge in [-0.05, 0) is 5.92 Å². The van der Waals surface area contributed by atoms with Crippen LogP contribution in [0.1, 0.15) is 25.8 Å². The third-order valence-electron chi connectivity index (χ3n) is 3.26. The van der Waals surface area contributed by atoms with E-state index in [0.29, 0.717) is 17.8 Å². The Kier molecular flexibility index (Phi) is 3.38. The van der Waals surface area contributed by atoms with Gasteiger partial charge in [0.25, 0.3) is 0 Å². The van der Waals surface area contributed by atoms with Crippen LogP contribution in [-0.4, -0.2) is 16.9 Å². The molecule has 2 N–H and O–H groups in total. The Balaban J connectivity index is 2.28. The minimum atomic E-state index is -0.389. The van der Waals surface area contributed by atoms with Crippen LogP contribution in [0.15, 0.2) is 12.4 Å². The highest BCUT2D eigenvalue weighted by molar-refractivity contribution is 5.96. The summed E-state index contributed by atoms with van der Waals surface area (Å²) in [7, 11) is 0. The van der Waals surface area contributed by atoms with Crippen molar-refractivity contribution in [1.82, 2.24) is 10.3 Å². The molecule has 17 heavy (non-hydrogen) atoms. The van der Waals surface area contributed by atoms with Gasteiger partial charge >= 0.3 is 0 Å². The molecule has 1 amide bonds. The van der Waals surface area contributed by atoms with Crippen LogP contribution < -0.4 is 10.6 Å². The van der Waals surface area contributed by atoms with E-state index in [4.69, 9.17) is 0 Å². The minimum absolute atomic E-state index is 0.120. The quantitative estimate of drug-likeness (QED) is 0.822. The number of anilines is 1. The molecule has 0 saturated heterocycles. The predicted molar refractivity (Wildman–Crippen MR) is 62.9 cm³/mol. The van der Waals surface area contributed by atoms with Crippen LogP contribution >= 0.6 is 0 Å². The number of pyridine rings is 1. The van der Waals surface area contributed by atoms with Crippen LogP contribution in [0.5, 0.6) is 0 Å². The SMILES string of the molecule is CC[C@H](C)[C@@H]1NCc2c(F)cncc2NC1=O. The van der Waals surface area contributed by atoms with E-state index < -0.39 is 0 Å². The fraction of sp³-hybridized carbons (Fsp3) is 0.500. The molecule has 4 nitrogen and oxygen atoms in total. The summed E-state index contributed by atoms with van der Waals surface area (Å²) in [5.41, 5.74) is 0.937. The first kappa shape index (κ1) is 12.0. The summed E-state index contributed by atoms with van der Waals surface area (Å²) in [6.45, 7) is 4.37. The first-order chi connectivity index (χ1) is 8.13. The number of nitrogens with one attached hydrogen (secondary N) is 2. The van der Waals surface area contributed by atoms with Crippen LogP contribution in [0.4, 0.5) is 10.1 Å². The lowest BCUT2D eigenvalue weighted by molar-refractivity contribution is -0.119. The lowest BCUT2D eigenvalue weighted by Gasteiger charge is -2.20. The second-order valence-electron chi connectivity index (χ2n) is 4.38. The van der Waals surface area contributed by atoms with Crippen molar-refractivity contribution < 1.29 is 9.18 Å². The van der Waals surface area contributed by atoms with Crippen LogP contribution in [0.3, 0.4) is 0 Å². The molecule has 1 aliphatic heterocycles. The second-order valence-corrected chi connectivity index (χ2v) is 4.38. The van der Waals surface area contributed by atoms with E-state index in [1.807, 2.05) is 13.8 Å². The largest absolute Gasteiger partial charge is 0.323 e. The van der Waals surface area contributed by atoms with Crippen molar-refractivity contribution in [3.8, 4) is 0 Å². The lowest BCUT2D eigenvalue weighted by atomic mass is 9.98. The van der Waals surface area contributed by atoms with Crippen molar-refractivity contribution in [3.05, 3.63) is 23.8 Å². The molecular weight excluding hydrogens is 221 g/mol. The highest BCUT2D eigenvalue weighted by Gasteiger charge is 2.28. The van der Waals surface area contributed by atoms with Gasteiger partial charge in [0.2, 0.25) is 5.91 Å². The number of fused-ring (bicyclic) bond motifs is 1. The smallest absolute Gasteiger partial charge is 0.241 e. The fourth-order valence-corrected chi connectivity index (χ4v) is 1.96. The topological polar surface area (TPSA) is 54.0 Å². The second kappa shape index (κ2) is 4.79. The standard InChI is InChI=1S/C12H16FN3O/c1-3-7(2)11-12(17)16-10-6-14-5-9(13)8(10)4-15-11/h5-7,11,15H,3-4H2,1-2H3,(H,16,17)/t7-,11-/m0/s1. The summed E-state index contributed by atoms with van der Waals surface area (Å²) in [5.74, 6) is -0.300. The molecule has 1 aliphatic rings. The van der Waals surface area contributed by atoms with Gasteiger partial charge in [0, 0.05) is 12.1 Å². The molecule has 0 fully saturated rings. The van der Waals surface area contributed by atoms with Gasteiger partial charge in [-0.2, -0.15) is 0 Å². The van der Waals surface area contributed by atoms with Gasteiger partial charge in [-0.15, -0.1) is 0 Å². The van der Waals surface area contributed by atoms with Gasteiger partial charge < -0.3 is 10.6 Å². The van der Waals surface area contributed by atoms with E-state index in [9.17, 15) is 9.18 Å². The van der Waals surface area contributed by atoms with Gasteiger partial charge in [-0.3, -0.25) is 9.78 Å². The summed E-state index contributed by atoms with van der Waals surface area (Å²) in [4.78, 5) is 15.7. The number of halogens is 1. The summed E-state index contributed by atoms with van der Waals surface area (Å²) in [6, 6.07) is -0.285. The van der Waals surface area contributed by atoms with Gasteiger partial charge in [0.05, 0.1) is 24.1 Å². The summed E-state index contributed by atoms with van der Waals surface area (Å²) in [6.07, 6.45) is 3.54. The first-order valence-corrected chi connectivity index (χ1v) is 5.80. The van der Waals surface area contributed by atoms with E-state index in [-0.39, 0.29) is 23.7 Å². The average molecular weight is 237 g/mol. The maximum atomic E-state index is 13.5. The van der Waals surface area contributed by atoms with E-state index in [1.54, 1.807) is 0 Å². The van der Waals surface area contributed by atoms with E-state index >= 15 is 0 Å². The summed E-state index contributed by atoms with van der Waals surface area (Å²) >= 11 is 0. The first-order valence-electron chi connectivity index (χ1n) is 5.80. The third kappa shape index (κ3) is 2.29. The van der Waals surface area contributed by atoms with E-state index in [2.05, 4.69) is 15.6 Å². The van der Waals surface area contributed by atoms with E-state index in [0.717, 1.165) is 12.6 Å². The summed E-state index contributed by atoms with van der Waals surface area (Å²) in [5, 5.41) is 5.82. The Morgan fingerprint density at radius 2 is 2.35 bits per heavy atom. The number of rotatable bonds is 2. The van der Waals surface area contributed by atoms with Crippen molar-refractivity contribution in [3.63, 3.8) is 0 Å². The van der Waals surface area contributed by atoms with Gasteiger partial charge in [-0.25, -0.2) is 4.39 Å². The molecule has 0 aromatic carbocycles. The van der Waals surface area contributed by atoms with Crippen molar-refractivity contribution in [2.75, 3.05) is 5.32 Å². The molecular formula is C12H16FN3O. The molecule has 2 rings (SSSR count).